The third kappa shape index (κ3) is 6.94. The fraction of sp³-hybridized carbons (Fsp3) is 1.00. The van der Waals surface area contributed by atoms with E-state index >= 15 is 0 Å². The van der Waals surface area contributed by atoms with Gasteiger partial charge in [0, 0.05) is 6.42 Å². The van der Waals surface area contributed by atoms with E-state index in [0.717, 1.165) is 13.5 Å². The number of halogens is 2. The summed E-state index contributed by atoms with van der Waals surface area (Å²) in [4.78, 5) is 0. The lowest BCUT2D eigenvalue weighted by Crippen LogP contribution is -2.25. The fourth-order valence-electron chi connectivity index (χ4n) is 1.37. The Morgan fingerprint density at radius 2 is 1.85 bits per heavy atom. The summed E-state index contributed by atoms with van der Waals surface area (Å²) in [6.07, 6.45) is 0.597. The first-order chi connectivity index (χ1) is 5.87. The molecule has 0 aliphatic rings. The van der Waals surface area contributed by atoms with E-state index in [1.165, 1.54) is 0 Å². The molecule has 80 valence electrons. The van der Waals surface area contributed by atoms with E-state index in [4.69, 9.17) is 0 Å². The van der Waals surface area contributed by atoms with Crippen LogP contribution in [0.4, 0.5) is 8.78 Å². The van der Waals surface area contributed by atoms with Crippen LogP contribution in [0.3, 0.4) is 0 Å². The molecule has 0 spiro atoms. The summed E-state index contributed by atoms with van der Waals surface area (Å²) in [5.74, 6) is -1.69. The monoisotopic (exact) mass is 193 g/mol. The van der Waals surface area contributed by atoms with Gasteiger partial charge in [0.25, 0.3) is 0 Å². The van der Waals surface area contributed by atoms with Crippen molar-refractivity contribution >= 4 is 0 Å². The van der Waals surface area contributed by atoms with Gasteiger partial charge in [0.05, 0.1) is 0 Å². The smallest absolute Gasteiger partial charge is 0.245 e. The van der Waals surface area contributed by atoms with Gasteiger partial charge in [0.15, 0.2) is 0 Å². The zero-order valence-electron chi connectivity index (χ0n) is 9.03. The molecule has 0 aliphatic carbocycles. The third-order valence-corrected chi connectivity index (χ3v) is 2.36. The molecule has 13 heavy (non-hydrogen) atoms. The van der Waals surface area contributed by atoms with Gasteiger partial charge in [-0.15, -0.1) is 0 Å². The molecule has 0 saturated heterocycles. The molecule has 0 heterocycles. The Labute approximate surface area is 79.9 Å². The summed E-state index contributed by atoms with van der Waals surface area (Å²) in [5.41, 5.74) is 0. The molecule has 0 aromatic heterocycles. The van der Waals surface area contributed by atoms with Crippen molar-refractivity contribution in [2.45, 2.75) is 39.5 Å². The lowest BCUT2D eigenvalue weighted by Gasteiger charge is -2.22. The quantitative estimate of drug-likeness (QED) is 0.684. The standard InChI is InChI=1S/C10H21F2N/c1-8(2)9(7-13-4)5-6-10(3,11)12/h8-9,13H,5-7H2,1-4H3. The summed E-state index contributed by atoms with van der Waals surface area (Å²) in [5, 5.41) is 3.04. The van der Waals surface area contributed by atoms with Crippen LogP contribution in [0.2, 0.25) is 0 Å². The molecule has 1 nitrogen and oxygen atoms in total. The van der Waals surface area contributed by atoms with Crippen LogP contribution in [0.15, 0.2) is 0 Å². The number of rotatable bonds is 6. The first-order valence-corrected chi connectivity index (χ1v) is 4.89. The fourth-order valence-corrected chi connectivity index (χ4v) is 1.37. The number of alkyl halides is 2. The van der Waals surface area contributed by atoms with Crippen molar-refractivity contribution in [1.29, 1.82) is 0 Å². The maximum absolute atomic E-state index is 12.6. The van der Waals surface area contributed by atoms with E-state index in [1.54, 1.807) is 0 Å². The minimum Gasteiger partial charge on any atom is -0.319 e. The van der Waals surface area contributed by atoms with Crippen LogP contribution in [-0.4, -0.2) is 19.5 Å². The van der Waals surface area contributed by atoms with E-state index in [2.05, 4.69) is 19.2 Å². The first-order valence-electron chi connectivity index (χ1n) is 4.89. The second-order valence-corrected chi connectivity index (χ2v) is 4.17. The van der Waals surface area contributed by atoms with Crippen LogP contribution in [0, 0.1) is 11.8 Å². The van der Waals surface area contributed by atoms with Crippen LogP contribution < -0.4 is 5.32 Å². The van der Waals surface area contributed by atoms with Crippen molar-refractivity contribution in [3.05, 3.63) is 0 Å². The summed E-state index contributed by atoms with van der Waals surface area (Å²) in [6, 6.07) is 0. The largest absolute Gasteiger partial charge is 0.319 e. The molecule has 1 N–H and O–H groups in total. The first kappa shape index (κ1) is 12.8. The summed E-state index contributed by atoms with van der Waals surface area (Å²) < 4.78 is 25.1. The zero-order chi connectivity index (χ0) is 10.5. The van der Waals surface area contributed by atoms with E-state index in [1.807, 2.05) is 7.05 Å². The molecule has 1 atom stereocenters. The summed E-state index contributed by atoms with van der Waals surface area (Å²) in [6.45, 7) is 5.98. The van der Waals surface area contributed by atoms with Gasteiger partial charge in [0.2, 0.25) is 5.92 Å². The van der Waals surface area contributed by atoms with E-state index in [9.17, 15) is 8.78 Å². The molecular weight excluding hydrogens is 172 g/mol. The zero-order valence-corrected chi connectivity index (χ0v) is 9.03. The normalized spacial score (nSPS) is 15.0. The van der Waals surface area contributed by atoms with Gasteiger partial charge >= 0.3 is 0 Å². The lowest BCUT2D eigenvalue weighted by atomic mass is 9.90. The Kier molecular flexibility index (Phi) is 5.45. The van der Waals surface area contributed by atoms with Gasteiger partial charge < -0.3 is 5.32 Å². The highest BCUT2D eigenvalue weighted by molar-refractivity contribution is 4.69. The molecule has 0 aliphatic heterocycles. The van der Waals surface area contributed by atoms with Crippen molar-refractivity contribution in [1.82, 2.24) is 5.32 Å². The molecule has 0 saturated carbocycles. The summed E-state index contributed by atoms with van der Waals surface area (Å²) >= 11 is 0. The van der Waals surface area contributed by atoms with Crippen LogP contribution >= 0.6 is 0 Å². The van der Waals surface area contributed by atoms with Crippen molar-refractivity contribution in [2.24, 2.45) is 11.8 Å². The Balaban J connectivity index is 3.82. The molecule has 3 heteroatoms. The van der Waals surface area contributed by atoms with Crippen molar-refractivity contribution in [3.63, 3.8) is 0 Å². The Hall–Kier alpha value is -0.180. The Bertz CT molecular complexity index is 129. The van der Waals surface area contributed by atoms with Gasteiger partial charge in [-0.2, -0.15) is 0 Å². The highest BCUT2D eigenvalue weighted by Gasteiger charge is 2.23. The predicted molar refractivity (Wildman–Crippen MR) is 52.1 cm³/mol. The molecule has 0 bridgehead atoms. The predicted octanol–water partition coefficient (Wildman–Crippen LogP) is 2.91. The molecule has 0 aromatic carbocycles. The minimum absolute atomic E-state index is 0.00245. The second kappa shape index (κ2) is 5.53. The van der Waals surface area contributed by atoms with Gasteiger partial charge in [-0.1, -0.05) is 13.8 Å². The molecular formula is C10H21F2N. The molecule has 0 rings (SSSR count). The van der Waals surface area contributed by atoms with Crippen LogP contribution in [0.25, 0.3) is 0 Å². The van der Waals surface area contributed by atoms with E-state index in [0.29, 0.717) is 18.3 Å². The van der Waals surface area contributed by atoms with Crippen LogP contribution in [0.5, 0.6) is 0 Å². The van der Waals surface area contributed by atoms with Crippen molar-refractivity contribution in [3.8, 4) is 0 Å². The molecule has 1 unspecified atom stereocenters. The van der Waals surface area contributed by atoms with E-state index in [-0.39, 0.29) is 6.42 Å². The molecule has 0 radical (unpaired) electrons. The van der Waals surface area contributed by atoms with Gasteiger partial charge in [-0.3, -0.25) is 0 Å². The molecule has 0 fully saturated rings. The SMILES string of the molecule is CNCC(CCC(C)(F)F)C(C)C. The molecule has 0 amide bonds. The highest BCUT2D eigenvalue weighted by Crippen LogP contribution is 2.25. The molecule has 0 aromatic rings. The topological polar surface area (TPSA) is 12.0 Å². The van der Waals surface area contributed by atoms with Crippen LogP contribution in [-0.2, 0) is 0 Å². The Morgan fingerprint density at radius 3 is 2.15 bits per heavy atom. The Morgan fingerprint density at radius 1 is 1.31 bits per heavy atom. The number of hydrogen-bond donors (Lipinski definition) is 1. The summed E-state index contributed by atoms with van der Waals surface area (Å²) in [7, 11) is 1.86. The number of hydrogen-bond acceptors (Lipinski definition) is 1. The van der Waals surface area contributed by atoms with Crippen molar-refractivity contribution < 1.29 is 8.78 Å². The average molecular weight is 193 g/mol. The highest BCUT2D eigenvalue weighted by atomic mass is 19.3. The second-order valence-electron chi connectivity index (χ2n) is 4.17. The van der Waals surface area contributed by atoms with E-state index < -0.39 is 5.92 Å². The van der Waals surface area contributed by atoms with Crippen molar-refractivity contribution in [2.75, 3.05) is 13.6 Å². The van der Waals surface area contributed by atoms with Crippen LogP contribution in [0.1, 0.15) is 33.6 Å². The minimum atomic E-state index is -2.51. The maximum atomic E-state index is 12.6. The van der Waals surface area contributed by atoms with Gasteiger partial charge in [-0.05, 0) is 38.8 Å². The van der Waals surface area contributed by atoms with Gasteiger partial charge in [-0.25, -0.2) is 8.78 Å². The lowest BCUT2D eigenvalue weighted by molar-refractivity contribution is 0.00488. The third-order valence-electron chi connectivity index (χ3n) is 2.36. The maximum Gasteiger partial charge on any atom is 0.245 e. The number of nitrogens with one attached hydrogen (secondary N) is 1. The average Bonchev–Trinajstić information content (AvgIpc) is 1.95. The van der Waals surface area contributed by atoms with Gasteiger partial charge in [0.1, 0.15) is 0 Å².